The topological polar surface area (TPSA) is 77.5 Å². The van der Waals surface area contributed by atoms with E-state index in [1.54, 1.807) is 52.4 Å². The number of esters is 1. The van der Waals surface area contributed by atoms with Crippen molar-refractivity contribution in [3.05, 3.63) is 102 Å². The number of aryl methyl sites for hydroxylation is 1. The van der Waals surface area contributed by atoms with Crippen LogP contribution in [0.1, 0.15) is 47.1 Å². The Morgan fingerprint density at radius 1 is 0.811 bits per heavy atom. The second-order valence-corrected chi connectivity index (χ2v) is 9.68. The Morgan fingerprint density at radius 3 is 2.22 bits per heavy atom. The van der Waals surface area contributed by atoms with Gasteiger partial charge in [0, 0.05) is 23.5 Å². The SMILES string of the molecule is COc1ccccc1-c1ccc(C(=O)OC(C)(C)C)c(NC(=O)c2cc(-c3ccncc3)ccc2C)c1. The summed E-state index contributed by atoms with van der Waals surface area (Å²) in [5.74, 6) is -0.155. The van der Waals surface area contributed by atoms with E-state index in [-0.39, 0.29) is 11.5 Å². The first-order valence-electron chi connectivity index (χ1n) is 12.0. The van der Waals surface area contributed by atoms with E-state index in [0.29, 0.717) is 17.0 Å². The molecule has 0 aliphatic carbocycles. The van der Waals surface area contributed by atoms with Gasteiger partial charge in [0.15, 0.2) is 0 Å². The van der Waals surface area contributed by atoms with Crippen molar-refractivity contribution in [1.82, 2.24) is 4.98 Å². The third-order valence-corrected chi connectivity index (χ3v) is 5.80. The largest absolute Gasteiger partial charge is 0.496 e. The number of methoxy groups -OCH3 is 1. The zero-order valence-electron chi connectivity index (χ0n) is 21.7. The van der Waals surface area contributed by atoms with Crippen LogP contribution in [-0.2, 0) is 4.74 Å². The summed E-state index contributed by atoms with van der Waals surface area (Å²) < 4.78 is 11.1. The summed E-state index contributed by atoms with van der Waals surface area (Å²) >= 11 is 0. The molecule has 0 unspecified atom stereocenters. The van der Waals surface area contributed by atoms with Crippen LogP contribution in [0.2, 0.25) is 0 Å². The molecule has 4 rings (SSSR count). The number of pyridine rings is 1. The van der Waals surface area contributed by atoms with Gasteiger partial charge in [-0.2, -0.15) is 0 Å². The number of para-hydroxylation sites is 1. The molecule has 1 heterocycles. The fraction of sp³-hybridized carbons (Fsp3) is 0.194. The maximum Gasteiger partial charge on any atom is 0.340 e. The van der Waals surface area contributed by atoms with E-state index >= 15 is 0 Å². The van der Waals surface area contributed by atoms with E-state index in [0.717, 1.165) is 27.8 Å². The van der Waals surface area contributed by atoms with Gasteiger partial charge in [0.05, 0.1) is 18.4 Å². The monoisotopic (exact) mass is 494 g/mol. The molecule has 37 heavy (non-hydrogen) atoms. The highest BCUT2D eigenvalue weighted by Gasteiger charge is 2.23. The number of nitrogens with zero attached hydrogens (tertiary/aromatic N) is 1. The number of ether oxygens (including phenoxy) is 2. The van der Waals surface area contributed by atoms with Gasteiger partial charge in [0.25, 0.3) is 5.91 Å². The van der Waals surface area contributed by atoms with E-state index in [9.17, 15) is 9.59 Å². The van der Waals surface area contributed by atoms with E-state index < -0.39 is 11.6 Å². The number of nitrogens with one attached hydrogen (secondary N) is 1. The van der Waals surface area contributed by atoms with Crippen LogP contribution < -0.4 is 10.1 Å². The lowest BCUT2D eigenvalue weighted by atomic mass is 9.99. The number of hydrogen-bond acceptors (Lipinski definition) is 5. The summed E-state index contributed by atoms with van der Waals surface area (Å²) in [5, 5.41) is 2.97. The molecule has 0 saturated heterocycles. The summed E-state index contributed by atoms with van der Waals surface area (Å²) in [7, 11) is 1.61. The molecule has 1 N–H and O–H groups in total. The minimum absolute atomic E-state index is 0.268. The molecule has 6 heteroatoms. The number of rotatable bonds is 6. The van der Waals surface area contributed by atoms with Gasteiger partial charge in [-0.05, 0) is 86.3 Å². The Morgan fingerprint density at radius 2 is 1.51 bits per heavy atom. The van der Waals surface area contributed by atoms with Crippen LogP contribution in [0.25, 0.3) is 22.3 Å². The molecule has 0 fully saturated rings. The van der Waals surface area contributed by atoms with Gasteiger partial charge in [-0.25, -0.2) is 4.79 Å². The van der Waals surface area contributed by atoms with Crippen molar-refractivity contribution < 1.29 is 19.1 Å². The molecule has 6 nitrogen and oxygen atoms in total. The van der Waals surface area contributed by atoms with Crippen LogP contribution in [0.4, 0.5) is 5.69 Å². The van der Waals surface area contributed by atoms with Crippen LogP contribution in [0, 0.1) is 6.92 Å². The number of anilines is 1. The van der Waals surface area contributed by atoms with E-state index in [1.165, 1.54) is 0 Å². The molecular weight excluding hydrogens is 464 g/mol. The van der Waals surface area contributed by atoms with Gasteiger partial charge < -0.3 is 14.8 Å². The number of carbonyl (C=O) groups is 2. The number of hydrogen-bond donors (Lipinski definition) is 1. The molecule has 1 amide bonds. The first kappa shape index (κ1) is 25.6. The highest BCUT2D eigenvalue weighted by atomic mass is 16.6. The van der Waals surface area contributed by atoms with Crippen LogP contribution in [0.15, 0.2) is 85.2 Å². The molecule has 4 aromatic rings. The Kier molecular flexibility index (Phi) is 7.39. The van der Waals surface area contributed by atoms with E-state index in [2.05, 4.69) is 10.3 Å². The Hall–Kier alpha value is -4.45. The molecule has 0 aliphatic rings. The van der Waals surface area contributed by atoms with Crippen molar-refractivity contribution in [2.24, 2.45) is 0 Å². The van der Waals surface area contributed by atoms with Gasteiger partial charge >= 0.3 is 5.97 Å². The number of benzene rings is 3. The summed E-state index contributed by atoms with van der Waals surface area (Å²) in [6.45, 7) is 7.30. The summed E-state index contributed by atoms with van der Waals surface area (Å²) in [6, 6.07) is 22.4. The van der Waals surface area contributed by atoms with Crippen molar-refractivity contribution in [3.8, 4) is 28.0 Å². The third-order valence-electron chi connectivity index (χ3n) is 5.80. The van der Waals surface area contributed by atoms with Gasteiger partial charge in [-0.3, -0.25) is 9.78 Å². The van der Waals surface area contributed by atoms with Gasteiger partial charge in [-0.1, -0.05) is 36.4 Å². The standard InChI is InChI=1S/C31H30N2O4/c1-20-10-11-22(21-14-16-32-17-15-21)18-26(20)29(34)33-27-19-23(24-8-6-7-9-28(24)36-5)12-13-25(27)30(35)37-31(2,3)4/h6-19H,1-5H3,(H,33,34). The smallest absolute Gasteiger partial charge is 0.340 e. The maximum atomic E-state index is 13.5. The third kappa shape index (κ3) is 6.04. The fourth-order valence-electron chi connectivity index (χ4n) is 3.99. The molecule has 1 aromatic heterocycles. The maximum absolute atomic E-state index is 13.5. The second-order valence-electron chi connectivity index (χ2n) is 9.68. The molecule has 188 valence electrons. The van der Waals surface area contributed by atoms with E-state index in [1.807, 2.05) is 67.6 Å². The average molecular weight is 495 g/mol. The summed E-state index contributed by atoms with van der Waals surface area (Å²) in [4.78, 5) is 30.7. The zero-order valence-corrected chi connectivity index (χ0v) is 21.7. The second kappa shape index (κ2) is 10.7. The van der Waals surface area contributed by atoms with Gasteiger partial charge in [0.1, 0.15) is 11.4 Å². The quantitative estimate of drug-likeness (QED) is 0.294. The van der Waals surface area contributed by atoms with E-state index in [4.69, 9.17) is 9.47 Å². The molecule has 3 aromatic carbocycles. The number of carbonyl (C=O) groups excluding carboxylic acids is 2. The fourth-order valence-corrected chi connectivity index (χ4v) is 3.99. The van der Waals surface area contributed by atoms with Gasteiger partial charge in [-0.15, -0.1) is 0 Å². The Bertz CT molecular complexity index is 1440. The van der Waals surface area contributed by atoms with Crippen molar-refractivity contribution in [1.29, 1.82) is 0 Å². The highest BCUT2D eigenvalue weighted by molar-refractivity contribution is 6.09. The first-order chi connectivity index (χ1) is 17.7. The minimum Gasteiger partial charge on any atom is -0.496 e. The van der Waals surface area contributed by atoms with Crippen molar-refractivity contribution in [2.45, 2.75) is 33.3 Å². The van der Waals surface area contributed by atoms with Crippen molar-refractivity contribution in [2.75, 3.05) is 12.4 Å². The predicted octanol–water partition coefficient (Wildman–Crippen LogP) is 6.94. The molecule has 0 saturated carbocycles. The lowest BCUT2D eigenvalue weighted by Crippen LogP contribution is -2.25. The lowest BCUT2D eigenvalue weighted by Gasteiger charge is -2.21. The highest BCUT2D eigenvalue weighted by Crippen LogP contribution is 2.33. The Labute approximate surface area is 217 Å². The first-order valence-corrected chi connectivity index (χ1v) is 12.0. The molecule has 0 atom stereocenters. The zero-order chi connectivity index (χ0) is 26.6. The molecule has 0 radical (unpaired) electrons. The summed E-state index contributed by atoms with van der Waals surface area (Å²) in [6.07, 6.45) is 3.43. The predicted molar refractivity (Wildman–Crippen MR) is 146 cm³/mol. The van der Waals surface area contributed by atoms with Crippen molar-refractivity contribution in [3.63, 3.8) is 0 Å². The molecular formula is C31H30N2O4. The minimum atomic E-state index is -0.685. The number of amides is 1. The van der Waals surface area contributed by atoms with Crippen LogP contribution in [0.3, 0.4) is 0 Å². The van der Waals surface area contributed by atoms with Crippen molar-refractivity contribution >= 4 is 17.6 Å². The summed E-state index contributed by atoms with van der Waals surface area (Å²) in [5.41, 5.74) is 4.75. The molecule has 0 aliphatic heterocycles. The molecule has 0 spiro atoms. The number of aromatic nitrogens is 1. The average Bonchev–Trinajstić information content (AvgIpc) is 2.88. The van der Waals surface area contributed by atoms with Gasteiger partial charge in [0.2, 0.25) is 0 Å². The van der Waals surface area contributed by atoms with Crippen LogP contribution in [-0.4, -0.2) is 29.6 Å². The Balaban J connectivity index is 1.76. The lowest BCUT2D eigenvalue weighted by molar-refractivity contribution is 0.00708. The molecule has 0 bridgehead atoms. The van der Waals surface area contributed by atoms with Crippen LogP contribution >= 0.6 is 0 Å². The van der Waals surface area contributed by atoms with Crippen LogP contribution in [0.5, 0.6) is 5.75 Å². The normalized spacial score (nSPS) is 11.1.